The third-order valence-electron chi connectivity index (χ3n) is 2.72. The monoisotopic (exact) mass is 320 g/mol. The lowest BCUT2D eigenvalue weighted by molar-refractivity contribution is 0.0502. The average Bonchev–Trinajstić information content (AvgIpc) is 2.54. The van der Waals surface area contributed by atoms with Crippen LogP contribution in [0.1, 0.15) is 10.4 Å². The second-order valence-corrected chi connectivity index (χ2v) is 4.85. The van der Waals surface area contributed by atoms with Crippen LogP contribution in [0.2, 0.25) is 0 Å². The van der Waals surface area contributed by atoms with Gasteiger partial charge in [-0.15, -0.1) is 12.6 Å². The van der Waals surface area contributed by atoms with Crippen LogP contribution in [0.25, 0.3) is 0 Å². The lowest BCUT2D eigenvalue weighted by Gasteiger charge is -2.11. The Morgan fingerprint density at radius 1 is 1.00 bits per heavy atom. The van der Waals surface area contributed by atoms with Crippen LogP contribution in [0, 0.1) is 0 Å². The van der Waals surface area contributed by atoms with Crippen molar-refractivity contribution in [2.75, 3.05) is 21.0 Å². The molecule has 0 radical (unpaired) electrons. The summed E-state index contributed by atoms with van der Waals surface area (Å²) < 4.78 is 20.7. The number of hydrogen-bond acceptors (Lipinski definition) is 6. The maximum atomic E-state index is 11.7. The van der Waals surface area contributed by atoms with Gasteiger partial charge in [-0.25, -0.2) is 4.79 Å². The largest absolute Gasteiger partial charge is 0.467 e. The molecule has 2 aromatic carbocycles. The molecule has 0 saturated carbocycles. The summed E-state index contributed by atoms with van der Waals surface area (Å²) in [6, 6.07) is 12.0. The zero-order valence-corrected chi connectivity index (χ0v) is 13.1. The van der Waals surface area contributed by atoms with E-state index in [1.807, 2.05) is 12.1 Å². The molecule has 5 nitrogen and oxygen atoms in total. The van der Waals surface area contributed by atoms with Gasteiger partial charge in [-0.2, -0.15) is 0 Å². The van der Waals surface area contributed by atoms with Crippen molar-refractivity contribution in [3.8, 4) is 17.2 Å². The molecule has 0 aliphatic rings. The molecular weight excluding hydrogens is 304 g/mol. The molecule has 116 valence electrons. The first-order chi connectivity index (χ1) is 10.6. The van der Waals surface area contributed by atoms with Gasteiger partial charge < -0.3 is 18.9 Å². The van der Waals surface area contributed by atoms with E-state index in [-0.39, 0.29) is 6.79 Å². The molecule has 0 N–H and O–H groups in total. The number of methoxy groups -OCH3 is 2. The van der Waals surface area contributed by atoms with Crippen molar-refractivity contribution in [2.24, 2.45) is 0 Å². The standard InChI is InChI=1S/C16H16O5S/c1-18-10-20-13-7-11(16(17)19-2)8-14(9-13)21-12-3-5-15(22)6-4-12/h3-9,22H,10H2,1-2H3. The van der Waals surface area contributed by atoms with E-state index in [1.165, 1.54) is 14.2 Å². The Morgan fingerprint density at radius 3 is 2.32 bits per heavy atom. The summed E-state index contributed by atoms with van der Waals surface area (Å²) in [6.45, 7) is 0.0679. The molecule has 0 aliphatic carbocycles. The lowest BCUT2D eigenvalue weighted by Crippen LogP contribution is -2.04. The Kier molecular flexibility index (Phi) is 5.68. The van der Waals surface area contributed by atoms with Crippen LogP contribution in [0.5, 0.6) is 17.2 Å². The normalized spacial score (nSPS) is 10.1. The van der Waals surface area contributed by atoms with E-state index in [1.54, 1.807) is 30.3 Å². The molecule has 0 atom stereocenters. The second kappa shape index (κ2) is 7.72. The van der Waals surface area contributed by atoms with Crippen LogP contribution in [0.15, 0.2) is 47.4 Å². The quantitative estimate of drug-likeness (QED) is 0.501. The second-order valence-electron chi connectivity index (χ2n) is 4.33. The van der Waals surface area contributed by atoms with Gasteiger partial charge in [0.25, 0.3) is 0 Å². The van der Waals surface area contributed by atoms with Gasteiger partial charge >= 0.3 is 5.97 Å². The van der Waals surface area contributed by atoms with Gasteiger partial charge in [-0.1, -0.05) is 0 Å². The summed E-state index contributed by atoms with van der Waals surface area (Å²) in [4.78, 5) is 12.5. The van der Waals surface area contributed by atoms with Crippen LogP contribution < -0.4 is 9.47 Å². The van der Waals surface area contributed by atoms with Crippen LogP contribution in [0.4, 0.5) is 0 Å². The smallest absolute Gasteiger partial charge is 0.338 e. The molecule has 6 heteroatoms. The Balaban J connectivity index is 2.27. The van der Waals surface area contributed by atoms with Crippen molar-refractivity contribution < 1.29 is 23.7 Å². The van der Waals surface area contributed by atoms with Gasteiger partial charge in [-0.05, 0) is 36.4 Å². The van der Waals surface area contributed by atoms with Crippen molar-refractivity contribution >= 4 is 18.6 Å². The summed E-state index contributed by atoms with van der Waals surface area (Å²) in [5.74, 6) is 1.06. The molecule has 0 bridgehead atoms. The summed E-state index contributed by atoms with van der Waals surface area (Å²) in [6.07, 6.45) is 0. The first-order valence-electron chi connectivity index (χ1n) is 6.44. The van der Waals surface area contributed by atoms with Gasteiger partial charge in [0.05, 0.1) is 12.7 Å². The summed E-state index contributed by atoms with van der Waals surface area (Å²) in [7, 11) is 2.83. The fourth-order valence-electron chi connectivity index (χ4n) is 1.73. The molecular formula is C16H16O5S. The van der Waals surface area contributed by atoms with E-state index in [4.69, 9.17) is 18.9 Å². The minimum atomic E-state index is -0.474. The number of rotatable bonds is 6. The van der Waals surface area contributed by atoms with Crippen molar-refractivity contribution in [1.29, 1.82) is 0 Å². The highest BCUT2D eigenvalue weighted by Crippen LogP contribution is 2.28. The number of benzene rings is 2. The third kappa shape index (κ3) is 4.41. The number of thiol groups is 1. The molecule has 0 heterocycles. The molecule has 0 aliphatic heterocycles. The first-order valence-corrected chi connectivity index (χ1v) is 6.89. The highest BCUT2D eigenvalue weighted by molar-refractivity contribution is 7.80. The summed E-state index contributed by atoms with van der Waals surface area (Å²) >= 11 is 4.22. The molecule has 2 aromatic rings. The number of carbonyl (C=O) groups excluding carboxylic acids is 1. The van der Waals surface area contributed by atoms with E-state index in [0.29, 0.717) is 22.8 Å². The zero-order chi connectivity index (χ0) is 15.9. The molecule has 0 spiro atoms. The first kappa shape index (κ1) is 16.2. The summed E-state index contributed by atoms with van der Waals surface area (Å²) in [5.41, 5.74) is 0.330. The van der Waals surface area contributed by atoms with Crippen molar-refractivity contribution in [3.63, 3.8) is 0 Å². The molecule has 0 amide bonds. The molecule has 0 saturated heterocycles. The summed E-state index contributed by atoms with van der Waals surface area (Å²) in [5, 5.41) is 0. The van der Waals surface area contributed by atoms with Gasteiger partial charge in [0.1, 0.15) is 17.2 Å². The molecule has 0 unspecified atom stereocenters. The molecule has 0 aromatic heterocycles. The van der Waals surface area contributed by atoms with Crippen LogP contribution in [0.3, 0.4) is 0 Å². The Morgan fingerprint density at radius 2 is 1.68 bits per heavy atom. The van der Waals surface area contributed by atoms with Gasteiger partial charge in [0, 0.05) is 18.1 Å². The maximum Gasteiger partial charge on any atom is 0.338 e. The highest BCUT2D eigenvalue weighted by atomic mass is 32.1. The van der Waals surface area contributed by atoms with Crippen LogP contribution >= 0.6 is 12.6 Å². The predicted octanol–water partition coefficient (Wildman–Crippen LogP) is 3.54. The lowest BCUT2D eigenvalue weighted by atomic mass is 10.2. The Labute approximate surface area is 134 Å². The minimum absolute atomic E-state index is 0.0679. The van der Waals surface area contributed by atoms with Crippen LogP contribution in [-0.2, 0) is 9.47 Å². The average molecular weight is 320 g/mol. The highest BCUT2D eigenvalue weighted by Gasteiger charge is 2.11. The molecule has 22 heavy (non-hydrogen) atoms. The SMILES string of the molecule is COCOc1cc(Oc2ccc(S)cc2)cc(C(=O)OC)c1. The fourth-order valence-corrected chi connectivity index (χ4v) is 1.88. The Bertz CT molecular complexity index is 639. The zero-order valence-electron chi connectivity index (χ0n) is 12.2. The number of esters is 1. The van der Waals surface area contributed by atoms with Gasteiger partial charge in [-0.3, -0.25) is 0 Å². The van der Waals surface area contributed by atoms with Gasteiger partial charge in [0.2, 0.25) is 0 Å². The van der Waals surface area contributed by atoms with E-state index in [2.05, 4.69) is 12.6 Å². The minimum Gasteiger partial charge on any atom is -0.467 e. The number of carbonyl (C=O) groups is 1. The van der Waals surface area contributed by atoms with E-state index < -0.39 is 5.97 Å². The predicted molar refractivity (Wildman–Crippen MR) is 84.1 cm³/mol. The molecule has 0 fully saturated rings. The van der Waals surface area contributed by atoms with E-state index in [0.717, 1.165) is 4.90 Å². The van der Waals surface area contributed by atoms with E-state index >= 15 is 0 Å². The molecule has 2 rings (SSSR count). The topological polar surface area (TPSA) is 54.0 Å². The van der Waals surface area contributed by atoms with Gasteiger partial charge in [0.15, 0.2) is 6.79 Å². The Hall–Kier alpha value is -2.18. The fraction of sp³-hybridized carbons (Fsp3) is 0.188. The van der Waals surface area contributed by atoms with Crippen molar-refractivity contribution in [2.45, 2.75) is 4.90 Å². The van der Waals surface area contributed by atoms with Crippen molar-refractivity contribution in [3.05, 3.63) is 48.0 Å². The number of hydrogen-bond donors (Lipinski definition) is 1. The maximum absolute atomic E-state index is 11.7. The number of ether oxygens (including phenoxy) is 4. The van der Waals surface area contributed by atoms with E-state index in [9.17, 15) is 4.79 Å². The van der Waals surface area contributed by atoms with Crippen molar-refractivity contribution in [1.82, 2.24) is 0 Å². The van der Waals surface area contributed by atoms with Crippen LogP contribution in [-0.4, -0.2) is 27.0 Å². The third-order valence-corrected chi connectivity index (χ3v) is 3.02.